The lowest BCUT2D eigenvalue weighted by atomic mass is 9.88. The van der Waals surface area contributed by atoms with Gasteiger partial charge in [0.05, 0.1) is 24.8 Å². The summed E-state index contributed by atoms with van der Waals surface area (Å²) in [4.78, 5) is 18.2. The van der Waals surface area contributed by atoms with Crippen molar-refractivity contribution < 1.29 is 23.2 Å². The molecule has 0 spiro atoms. The molecular formula is C28H26ClFN4O4. The van der Waals surface area contributed by atoms with E-state index in [9.17, 15) is 9.18 Å². The van der Waals surface area contributed by atoms with E-state index in [2.05, 4.69) is 21.1 Å². The molecule has 0 amide bonds. The third kappa shape index (κ3) is 4.68. The Morgan fingerprint density at radius 1 is 1.16 bits per heavy atom. The first-order valence-corrected chi connectivity index (χ1v) is 12.9. The Morgan fingerprint density at radius 3 is 2.74 bits per heavy atom. The first kappa shape index (κ1) is 24.6. The maximum Gasteiger partial charge on any atom is 0.278 e. The molecule has 0 saturated carbocycles. The van der Waals surface area contributed by atoms with Gasteiger partial charge in [0.1, 0.15) is 17.3 Å². The van der Waals surface area contributed by atoms with E-state index in [1.54, 1.807) is 37.5 Å². The molecule has 2 aromatic heterocycles. The lowest BCUT2D eigenvalue weighted by Gasteiger charge is -2.32. The highest BCUT2D eigenvalue weighted by atomic mass is 35.5. The lowest BCUT2D eigenvalue weighted by Crippen LogP contribution is -2.34. The van der Waals surface area contributed by atoms with Gasteiger partial charge in [-0.05, 0) is 56.1 Å². The van der Waals surface area contributed by atoms with E-state index in [4.69, 9.17) is 25.6 Å². The standard InChI is InChI=1S/C28H26ClFN4O4/c1-28(23-6-5-19(29)13-24(23)30)36-25-4-2-3-22(27(25)37-28)18-8-11-33(12-9-18)16-26-32-20(17-35)14-34(26)15-21-7-10-31-38-21/h2-7,10,13-14,17-18H,8-9,11-12,15-16H2,1H3. The average molecular weight is 537 g/mol. The first-order chi connectivity index (χ1) is 18.4. The first-order valence-electron chi connectivity index (χ1n) is 12.5. The molecule has 1 atom stereocenters. The molecule has 4 aromatic rings. The summed E-state index contributed by atoms with van der Waals surface area (Å²) in [5, 5.41) is 4.07. The van der Waals surface area contributed by atoms with E-state index in [-0.39, 0.29) is 5.92 Å². The van der Waals surface area contributed by atoms with Gasteiger partial charge in [-0.3, -0.25) is 9.69 Å². The van der Waals surface area contributed by atoms with Crippen molar-refractivity contribution in [2.24, 2.45) is 0 Å². The lowest BCUT2D eigenvalue weighted by molar-refractivity contribution is -0.0712. The SMILES string of the molecule is CC1(c2ccc(Cl)cc2F)Oc2cccc(C3CCN(Cc4nc(C=O)cn4Cc4ccno4)CC3)c2O1. The molecule has 0 bridgehead atoms. The molecule has 1 unspecified atom stereocenters. The summed E-state index contributed by atoms with van der Waals surface area (Å²) in [7, 11) is 0. The highest BCUT2D eigenvalue weighted by Gasteiger charge is 2.43. The van der Waals surface area contributed by atoms with E-state index in [1.165, 1.54) is 6.07 Å². The number of likely N-dealkylation sites (tertiary alicyclic amines) is 1. The summed E-state index contributed by atoms with van der Waals surface area (Å²) in [6.07, 6.45) is 5.92. The molecule has 4 heterocycles. The van der Waals surface area contributed by atoms with Crippen LogP contribution in [0.25, 0.3) is 0 Å². The fourth-order valence-electron chi connectivity index (χ4n) is 5.33. The zero-order valence-corrected chi connectivity index (χ0v) is 21.5. The fraction of sp³-hybridized carbons (Fsp3) is 0.321. The summed E-state index contributed by atoms with van der Waals surface area (Å²) in [6, 6.07) is 12.2. The Kier molecular flexibility index (Phi) is 6.41. The van der Waals surface area contributed by atoms with Crippen molar-refractivity contribution in [1.29, 1.82) is 0 Å². The van der Waals surface area contributed by atoms with Gasteiger partial charge in [-0.2, -0.15) is 0 Å². The molecule has 38 heavy (non-hydrogen) atoms. The van der Waals surface area contributed by atoms with Crippen LogP contribution >= 0.6 is 11.6 Å². The zero-order chi connectivity index (χ0) is 26.3. The molecule has 0 aliphatic carbocycles. The van der Waals surface area contributed by atoms with Gasteiger partial charge in [0.2, 0.25) is 0 Å². The Bertz CT molecular complexity index is 1470. The van der Waals surface area contributed by atoms with Gasteiger partial charge >= 0.3 is 0 Å². The van der Waals surface area contributed by atoms with Crippen LogP contribution in [0.5, 0.6) is 11.5 Å². The molecule has 1 fully saturated rings. The van der Waals surface area contributed by atoms with Gasteiger partial charge in [-0.1, -0.05) is 28.9 Å². The topological polar surface area (TPSA) is 82.6 Å². The van der Waals surface area contributed by atoms with E-state index in [0.717, 1.165) is 43.6 Å². The van der Waals surface area contributed by atoms with Crippen LogP contribution < -0.4 is 9.47 Å². The second-order valence-corrected chi connectivity index (χ2v) is 10.2. The average Bonchev–Trinajstić information content (AvgIpc) is 3.63. The summed E-state index contributed by atoms with van der Waals surface area (Å²) >= 11 is 5.94. The number of nitrogens with zero attached hydrogens (tertiary/aromatic N) is 4. The Morgan fingerprint density at radius 2 is 2.00 bits per heavy atom. The third-order valence-electron chi connectivity index (χ3n) is 7.24. The van der Waals surface area contributed by atoms with Crippen LogP contribution in [0.15, 0.2) is 59.4 Å². The van der Waals surface area contributed by atoms with Crippen molar-refractivity contribution in [3.8, 4) is 11.5 Å². The second-order valence-electron chi connectivity index (χ2n) is 9.81. The molecule has 2 aliphatic heterocycles. The summed E-state index contributed by atoms with van der Waals surface area (Å²) in [5.41, 5.74) is 1.76. The molecular weight excluding hydrogens is 511 g/mol. The van der Waals surface area contributed by atoms with Crippen molar-refractivity contribution in [2.45, 2.75) is 44.6 Å². The van der Waals surface area contributed by atoms with Crippen LogP contribution in [-0.2, 0) is 18.9 Å². The highest BCUT2D eigenvalue weighted by molar-refractivity contribution is 6.30. The van der Waals surface area contributed by atoms with Gasteiger partial charge in [0, 0.05) is 29.8 Å². The van der Waals surface area contributed by atoms with E-state index < -0.39 is 11.6 Å². The molecule has 2 aliphatic rings. The van der Waals surface area contributed by atoms with Crippen molar-refractivity contribution in [2.75, 3.05) is 13.1 Å². The zero-order valence-electron chi connectivity index (χ0n) is 20.8. The number of carbonyl (C=O) groups is 1. The number of carbonyl (C=O) groups excluding carboxylic acids is 1. The minimum Gasteiger partial charge on any atom is -0.444 e. The van der Waals surface area contributed by atoms with Crippen molar-refractivity contribution in [3.05, 3.63) is 94.1 Å². The highest BCUT2D eigenvalue weighted by Crippen LogP contribution is 2.49. The number of halogens is 2. The minimum absolute atomic E-state index is 0.265. The van der Waals surface area contributed by atoms with Crippen LogP contribution in [0.2, 0.25) is 5.02 Å². The van der Waals surface area contributed by atoms with Crippen LogP contribution in [-0.4, -0.2) is 39.0 Å². The van der Waals surface area contributed by atoms with Gasteiger partial charge in [0.15, 0.2) is 23.5 Å². The number of ether oxygens (including phenoxy) is 2. The summed E-state index contributed by atoms with van der Waals surface area (Å²) in [6.45, 7) is 4.51. The van der Waals surface area contributed by atoms with E-state index in [0.29, 0.717) is 46.6 Å². The molecule has 0 N–H and O–H groups in total. The Hall–Kier alpha value is -3.69. The number of aromatic nitrogens is 3. The molecule has 2 aromatic carbocycles. The molecule has 6 rings (SSSR count). The summed E-state index contributed by atoms with van der Waals surface area (Å²) < 4.78 is 34.3. The van der Waals surface area contributed by atoms with Crippen molar-refractivity contribution >= 4 is 17.9 Å². The van der Waals surface area contributed by atoms with Gasteiger partial charge < -0.3 is 18.6 Å². The molecule has 8 nitrogen and oxygen atoms in total. The number of fused-ring (bicyclic) bond motifs is 1. The van der Waals surface area contributed by atoms with Crippen molar-refractivity contribution in [3.63, 3.8) is 0 Å². The monoisotopic (exact) mass is 536 g/mol. The number of para-hydroxylation sites is 1. The third-order valence-corrected chi connectivity index (χ3v) is 7.47. The molecule has 10 heteroatoms. The maximum absolute atomic E-state index is 14.7. The largest absolute Gasteiger partial charge is 0.444 e. The number of imidazole rings is 1. The number of aldehydes is 1. The van der Waals surface area contributed by atoms with Gasteiger partial charge in [0.25, 0.3) is 5.79 Å². The molecule has 196 valence electrons. The van der Waals surface area contributed by atoms with E-state index >= 15 is 0 Å². The second kappa shape index (κ2) is 9.89. The number of piperidine rings is 1. The Balaban J connectivity index is 1.15. The van der Waals surface area contributed by atoms with Gasteiger partial charge in [-0.25, -0.2) is 9.37 Å². The number of hydrogen-bond acceptors (Lipinski definition) is 7. The smallest absolute Gasteiger partial charge is 0.278 e. The van der Waals surface area contributed by atoms with Crippen LogP contribution in [0, 0.1) is 5.82 Å². The molecule has 1 saturated heterocycles. The van der Waals surface area contributed by atoms with Crippen LogP contribution in [0.4, 0.5) is 4.39 Å². The van der Waals surface area contributed by atoms with Crippen LogP contribution in [0.3, 0.4) is 0 Å². The number of rotatable bonds is 7. The van der Waals surface area contributed by atoms with Crippen LogP contribution in [0.1, 0.15) is 58.9 Å². The Labute approximate surface area is 223 Å². The number of benzene rings is 2. The predicted molar refractivity (Wildman–Crippen MR) is 137 cm³/mol. The maximum atomic E-state index is 14.7. The quantitative estimate of drug-likeness (QED) is 0.286. The normalized spacial score (nSPS) is 19.7. The minimum atomic E-state index is -1.27. The van der Waals surface area contributed by atoms with Gasteiger partial charge in [-0.15, -0.1) is 0 Å². The summed E-state index contributed by atoms with van der Waals surface area (Å²) in [5.74, 6) is 1.30. The predicted octanol–water partition coefficient (Wildman–Crippen LogP) is 5.55. The molecule has 0 radical (unpaired) electrons. The fourth-order valence-corrected chi connectivity index (χ4v) is 5.49. The van der Waals surface area contributed by atoms with E-state index in [1.807, 2.05) is 16.7 Å². The number of hydrogen-bond donors (Lipinski definition) is 0. The van der Waals surface area contributed by atoms with Crippen molar-refractivity contribution in [1.82, 2.24) is 19.6 Å².